The van der Waals surface area contributed by atoms with E-state index in [1.165, 1.54) is 95.1 Å². The van der Waals surface area contributed by atoms with E-state index < -0.39 is 0 Å². The van der Waals surface area contributed by atoms with E-state index in [0.29, 0.717) is 0 Å². The number of unbranched alkanes of at least 4 members (excludes halogenated alkanes) is 7. The van der Waals surface area contributed by atoms with Crippen LogP contribution in [0.3, 0.4) is 0 Å². The average molecular weight is 276 g/mol. The fourth-order valence-corrected chi connectivity index (χ4v) is 3.44. The molecule has 0 saturated heterocycles. The Bertz CT molecular complexity index is 392. The van der Waals surface area contributed by atoms with Crippen LogP contribution in [-0.4, -0.2) is 9.55 Å². The van der Waals surface area contributed by atoms with Gasteiger partial charge in [-0.25, -0.2) is 4.98 Å². The molecule has 20 heavy (non-hydrogen) atoms. The molecule has 0 aliphatic heterocycles. The molecule has 0 atom stereocenters. The second-order valence-electron chi connectivity index (χ2n) is 6.39. The van der Waals surface area contributed by atoms with E-state index in [0.717, 1.165) is 0 Å². The van der Waals surface area contributed by atoms with Crippen LogP contribution in [0.5, 0.6) is 0 Å². The summed E-state index contributed by atoms with van der Waals surface area (Å²) in [6.07, 6.45) is 16.4. The van der Waals surface area contributed by atoms with E-state index in [-0.39, 0.29) is 0 Å². The van der Waals surface area contributed by atoms with Crippen molar-refractivity contribution < 1.29 is 0 Å². The van der Waals surface area contributed by atoms with Crippen molar-refractivity contribution in [3.63, 3.8) is 0 Å². The van der Waals surface area contributed by atoms with E-state index in [2.05, 4.69) is 18.4 Å². The van der Waals surface area contributed by atoms with Gasteiger partial charge in [0.05, 0.1) is 5.69 Å². The van der Waals surface area contributed by atoms with Crippen LogP contribution in [0, 0.1) is 6.92 Å². The predicted molar refractivity (Wildman–Crippen MR) is 86.2 cm³/mol. The first kappa shape index (κ1) is 15.6. The summed E-state index contributed by atoms with van der Waals surface area (Å²) < 4.78 is 2.51. The molecule has 0 amide bonds. The smallest absolute Gasteiger partial charge is 0.106 e. The third-order valence-electron chi connectivity index (χ3n) is 4.66. The average Bonchev–Trinajstić information content (AvgIpc) is 2.78. The Morgan fingerprint density at radius 1 is 0.900 bits per heavy atom. The molecule has 1 aliphatic carbocycles. The highest BCUT2D eigenvalue weighted by atomic mass is 15.1. The molecule has 1 aromatic heterocycles. The lowest BCUT2D eigenvalue weighted by Crippen LogP contribution is -2.09. The maximum atomic E-state index is 4.76. The van der Waals surface area contributed by atoms with Crippen molar-refractivity contribution >= 4 is 0 Å². The van der Waals surface area contributed by atoms with E-state index in [1.54, 1.807) is 5.69 Å². The maximum absolute atomic E-state index is 4.76. The van der Waals surface area contributed by atoms with Gasteiger partial charge in [-0.1, -0.05) is 51.9 Å². The second kappa shape index (κ2) is 8.49. The molecule has 0 spiro atoms. The van der Waals surface area contributed by atoms with E-state index in [9.17, 15) is 0 Å². The zero-order valence-corrected chi connectivity index (χ0v) is 13.6. The van der Waals surface area contributed by atoms with Gasteiger partial charge in [-0.05, 0) is 39.0 Å². The van der Waals surface area contributed by atoms with Gasteiger partial charge in [-0.15, -0.1) is 0 Å². The van der Waals surface area contributed by atoms with Gasteiger partial charge in [-0.2, -0.15) is 0 Å². The molecule has 1 aliphatic rings. The monoisotopic (exact) mass is 276 g/mol. The van der Waals surface area contributed by atoms with Crippen molar-refractivity contribution in [3.05, 3.63) is 17.2 Å². The largest absolute Gasteiger partial charge is 0.332 e. The van der Waals surface area contributed by atoms with Crippen LogP contribution in [0.25, 0.3) is 0 Å². The topological polar surface area (TPSA) is 17.8 Å². The Kier molecular flexibility index (Phi) is 6.62. The van der Waals surface area contributed by atoms with Gasteiger partial charge in [0.15, 0.2) is 0 Å². The summed E-state index contributed by atoms with van der Waals surface area (Å²) in [5.41, 5.74) is 2.95. The molecule has 1 heterocycles. The minimum absolute atomic E-state index is 1.20. The highest BCUT2D eigenvalue weighted by Gasteiger charge is 2.17. The van der Waals surface area contributed by atoms with E-state index in [4.69, 9.17) is 4.98 Å². The number of fused-ring (bicyclic) bond motifs is 1. The van der Waals surface area contributed by atoms with Crippen molar-refractivity contribution in [2.75, 3.05) is 0 Å². The minimum Gasteiger partial charge on any atom is -0.332 e. The number of aromatic nitrogens is 2. The van der Waals surface area contributed by atoms with Gasteiger partial charge >= 0.3 is 0 Å². The van der Waals surface area contributed by atoms with Crippen molar-refractivity contribution in [2.24, 2.45) is 0 Å². The standard InChI is InChI=1S/C18H32N2/c1-3-4-5-6-7-8-9-12-15-20-16(2)19-17-13-10-11-14-18(17)20/h3-15H2,1-2H3. The predicted octanol–water partition coefficient (Wildman–Crippen LogP) is 5.21. The first-order valence-corrected chi connectivity index (χ1v) is 8.87. The molecular formula is C18H32N2. The van der Waals surface area contributed by atoms with Crippen LogP contribution in [0.4, 0.5) is 0 Å². The molecule has 0 radical (unpaired) electrons. The Morgan fingerprint density at radius 2 is 1.55 bits per heavy atom. The molecular weight excluding hydrogens is 244 g/mol. The summed E-state index contributed by atoms with van der Waals surface area (Å²) in [6.45, 7) is 5.67. The minimum atomic E-state index is 1.20. The summed E-state index contributed by atoms with van der Waals surface area (Å²) in [5, 5.41) is 0. The van der Waals surface area contributed by atoms with Gasteiger partial charge < -0.3 is 4.57 Å². The molecule has 2 nitrogen and oxygen atoms in total. The molecule has 2 heteroatoms. The number of hydrogen-bond acceptors (Lipinski definition) is 1. The highest BCUT2D eigenvalue weighted by Crippen LogP contribution is 2.22. The quantitative estimate of drug-likeness (QED) is 0.566. The number of aryl methyl sites for hydroxylation is 2. The molecule has 1 aromatic rings. The second-order valence-corrected chi connectivity index (χ2v) is 6.39. The van der Waals surface area contributed by atoms with Crippen LogP contribution in [0.2, 0.25) is 0 Å². The van der Waals surface area contributed by atoms with Gasteiger partial charge in [0.1, 0.15) is 5.82 Å². The normalized spacial score (nSPS) is 14.5. The first-order valence-electron chi connectivity index (χ1n) is 8.87. The Morgan fingerprint density at radius 3 is 2.30 bits per heavy atom. The fourth-order valence-electron chi connectivity index (χ4n) is 3.44. The van der Waals surface area contributed by atoms with E-state index >= 15 is 0 Å². The van der Waals surface area contributed by atoms with Crippen LogP contribution < -0.4 is 0 Å². The molecule has 0 N–H and O–H groups in total. The van der Waals surface area contributed by atoms with Gasteiger partial charge in [-0.3, -0.25) is 0 Å². The Hall–Kier alpha value is -0.790. The fraction of sp³-hybridized carbons (Fsp3) is 0.833. The van der Waals surface area contributed by atoms with Gasteiger partial charge in [0, 0.05) is 12.2 Å². The Labute approximate surface area is 125 Å². The first-order chi connectivity index (χ1) is 9.83. The molecule has 0 fully saturated rings. The third kappa shape index (κ3) is 4.36. The number of imidazole rings is 1. The molecule has 2 rings (SSSR count). The summed E-state index contributed by atoms with van der Waals surface area (Å²) in [4.78, 5) is 4.76. The van der Waals surface area contributed by atoms with Gasteiger partial charge in [0.25, 0.3) is 0 Å². The van der Waals surface area contributed by atoms with Crippen molar-refractivity contribution in [1.82, 2.24) is 9.55 Å². The highest BCUT2D eigenvalue weighted by molar-refractivity contribution is 5.19. The molecule has 0 aromatic carbocycles. The maximum Gasteiger partial charge on any atom is 0.106 e. The van der Waals surface area contributed by atoms with Crippen LogP contribution in [0.1, 0.15) is 88.3 Å². The third-order valence-corrected chi connectivity index (χ3v) is 4.66. The van der Waals surface area contributed by atoms with Crippen LogP contribution in [0.15, 0.2) is 0 Å². The lowest BCUT2D eigenvalue weighted by atomic mass is 10.0. The summed E-state index contributed by atoms with van der Waals surface area (Å²) in [5.74, 6) is 1.25. The Balaban J connectivity index is 1.66. The molecule has 0 unspecified atom stereocenters. The van der Waals surface area contributed by atoms with Crippen molar-refractivity contribution in [3.8, 4) is 0 Å². The lowest BCUT2D eigenvalue weighted by Gasteiger charge is -2.14. The zero-order valence-electron chi connectivity index (χ0n) is 13.6. The van der Waals surface area contributed by atoms with Crippen molar-refractivity contribution in [1.29, 1.82) is 0 Å². The number of hydrogen-bond donors (Lipinski definition) is 0. The SMILES string of the molecule is CCCCCCCCCCn1c(C)nc2c1CCCC2. The summed E-state index contributed by atoms with van der Waals surface area (Å²) in [7, 11) is 0. The van der Waals surface area contributed by atoms with Crippen molar-refractivity contribution in [2.45, 2.75) is 97.4 Å². The molecule has 114 valence electrons. The zero-order chi connectivity index (χ0) is 14.2. The van der Waals surface area contributed by atoms with Crippen LogP contribution >= 0.6 is 0 Å². The summed E-state index contributed by atoms with van der Waals surface area (Å²) in [6, 6.07) is 0. The number of nitrogens with zero attached hydrogens (tertiary/aromatic N) is 2. The molecule has 0 bridgehead atoms. The van der Waals surface area contributed by atoms with E-state index in [1.807, 2.05) is 0 Å². The number of rotatable bonds is 9. The summed E-state index contributed by atoms with van der Waals surface area (Å²) >= 11 is 0. The molecule has 0 saturated carbocycles. The van der Waals surface area contributed by atoms with Gasteiger partial charge in [0.2, 0.25) is 0 Å². The lowest BCUT2D eigenvalue weighted by molar-refractivity contribution is 0.524. The van der Waals surface area contributed by atoms with Crippen LogP contribution in [-0.2, 0) is 19.4 Å².